The summed E-state index contributed by atoms with van der Waals surface area (Å²) in [5.74, 6) is -0.132. The number of rotatable bonds is 7. The predicted molar refractivity (Wildman–Crippen MR) is 77.5 cm³/mol. The number of ether oxygens (including phenoxy) is 1. The molecule has 19 heavy (non-hydrogen) atoms. The molecule has 0 unspecified atom stereocenters. The van der Waals surface area contributed by atoms with E-state index in [0.29, 0.717) is 23.2 Å². The Balaban J connectivity index is 2.37. The van der Waals surface area contributed by atoms with Gasteiger partial charge < -0.3 is 20.1 Å². The molecule has 6 heteroatoms. The van der Waals surface area contributed by atoms with Gasteiger partial charge in [0, 0.05) is 32.3 Å². The largest absolute Gasteiger partial charge is 0.507 e. The van der Waals surface area contributed by atoms with Crippen LogP contribution in [0.2, 0.25) is 0 Å². The Bertz CT molecular complexity index is 426. The minimum atomic E-state index is -0.192. The standard InChI is InChI=1S/C13H19BrN2O3/c1-16(7-8-19-2)6-5-15-13(18)10-3-4-11(14)12(17)9-10/h3-4,9,17H,5-8H2,1-2H3,(H,15,18). The van der Waals surface area contributed by atoms with E-state index in [2.05, 4.69) is 26.1 Å². The third-order valence-corrected chi connectivity index (χ3v) is 3.34. The lowest BCUT2D eigenvalue weighted by atomic mass is 10.2. The maximum absolute atomic E-state index is 11.8. The monoisotopic (exact) mass is 330 g/mol. The van der Waals surface area contributed by atoms with Gasteiger partial charge in [-0.3, -0.25) is 4.79 Å². The molecule has 0 aliphatic carbocycles. The van der Waals surface area contributed by atoms with Crippen LogP contribution in [0.15, 0.2) is 22.7 Å². The highest BCUT2D eigenvalue weighted by Crippen LogP contribution is 2.24. The first kappa shape index (κ1) is 15.9. The molecule has 0 aliphatic heterocycles. The maximum atomic E-state index is 11.8. The molecule has 0 atom stereocenters. The summed E-state index contributed by atoms with van der Waals surface area (Å²) < 4.78 is 5.54. The van der Waals surface area contributed by atoms with Crippen molar-refractivity contribution in [3.8, 4) is 5.75 Å². The Labute approximate surface area is 121 Å². The lowest BCUT2D eigenvalue weighted by Gasteiger charge is -2.16. The number of benzene rings is 1. The molecule has 0 fully saturated rings. The van der Waals surface area contributed by atoms with Crippen molar-refractivity contribution in [3.05, 3.63) is 28.2 Å². The fourth-order valence-electron chi connectivity index (χ4n) is 1.48. The average Bonchev–Trinajstić information content (AvgIpc) is 2.39. The van der Waals surface area contributed by atoms with Crippen LogP contribution in [0.4, 0.5) is 0 Å². The lowest BCUT2D eigenvalue weighted by molar-refractivity contribution is 0.0947. The molecule has 106 valence electrons. The van der Waals surface area contributed by atoms with Crippen LogP contribution < -0.4 is 5.32 Å². The van der Waals surface area contributed by atoms with Crippen LogP contribution in [0.1, 0.15) is 10.4 Å². The van der Waals surface area contributed by atoms with Crippen molar-refractivity contribution in [2.45, 2.75) is 0 Å². The summed E-state index contributed by atoms with van der Waals surface area (Å²) in [5, 5.41) is 12.3. The molecule has 0 aromatic heterocycles. The van der Waals surface area contributed by atoms with E-state index in [-0.39, 0.29) is 11.7 Å². The van der Waals surface area contributed by atoms with E-state index in [4.69, 9.17) is 4.74 Å². The number of hydrogen-bond acceptors (Lipinski definition) is 4. The highest BCUT2D eigenvalue weighted by molar-refractivity contribution is 9.10. The van der Waals surface area contributed by atoms with Crippen molar-refractivity contribution in [1.82, 2.24) is 10.2 Å². The SMILES string of the molecule is COCCN(C)CCNC(=O)c1ccc(Br)c(O)c1. The zero-order valence-corrected chi connectivity index (χ0v) is 12.7. The summed E-state index contributed by atoms with van der Waals surface area (Å²) in [6, 6.07) is 4.75. The zero-order valence-electron chi connectivity index (χ0n) is 11.1. The zero-order chi connectivity index (χ0) is 14.3. The second kappa shape index (κ2) is 8.14. The third kappa shape index (κ3) is 5.59. The van der Waals surface area contributed by atoms with Crippen molar-refractivity contribution in [1.29, 1.82) is 0 Å². The number of nitrogens with zero attached hydrogens (tertiary/aromatic N) is 1. The van der Waals surface area contributed by atoms with Gasteiger partial charge in [-0.05, 0) is 41.2 Å². The maximum Gasteiger partial charge on any atom is 0.251 e. The number of amides is 1. The average molecular weight is 331 g/mol. The Morgan fingerprint density at radius 2 is 2.21 bits per heavy atom. The predicted octanol–water partition coefficient (Wildman–Crippen LogP) is 1.46. The van der Waals surface area contributed by atoms with Gasteiger partial charge in [0.2, 0.25) is 0 Å². The summed E-state index contributed by atoms with van der Waals surface area (Å²) >= 11 is 3.17. The van der Waals surface area contributed by atoms with E-state index >= 15 is 0 Å². The second-order valence-electron chi connectivity index (χ2n) is 4.22. The number of carbonyl (C=O) groups excluding carboxylic acids is 1. The number of carbonyl (C=O) groups is 1. The second-order valence-corrected chi connectivity index (χ2v) is 5.07. The van der Waals surface area contributed by atoms with Gasteiger partial charge >= 0.3 is 0 Å². The molecule has 5 nitrogen and oxygen atoms in total. The van der Waals surface area contributed by atoms with Crippen molar-refractivity contribution < 1.29 is 14.6 Å². The van der Waals surface area contributed by atoms with Gasteiger partial charge in [0.15, 0.2) is 0 Å². The number of phenolic OH excluding ortho intramolecular Hbond substituents is 1. The highest BCUT2D eigenvalue weighted by atomic mass is 79.9. The minimum absolute atomic E-state index is 0.0601. The smallest absolute Gasteiger partial charge is 0.251 e. The van der Waals surface area contributed by atoms with Crippen molar-refractivity contribution in [2.75, 3.05) is 40.4 Å². The molecule has 0 saturated carbocycles. The van der Waals surface area contributed by atoms with Crippen LogP contribution in [-0.4, -0.2) is 56.3 Å². The molecular weight excluding hydrogens is 312 g/mol. The van der Waals surface area contributed by atoms with E-state index < -0.39 is 0 Å². The molecular formula is C13H19BrN2O3. The number of likely N-dealkylation sites (N-methyl/N-ethyl adjacent to an activating group) is 1. The number of aromatic hydroxyl groups is 1. The molecule has 0 spiro atoms. The molecule has 1 aromatic rings. The molecule has 1 rings (SSSR count). The molecule has 0 radical (unpaired) electrons. The van der Waals surface area contributed by atoms with Crippen LogP contribution in [-0.2, 0) is 4.74 Å². The first-order valence-corrected chi connectivity index (χ1v) is 6.78. The van der Waals surface area contributed by atoms with Crippen LogP contribution in [0, 0.1) is 0 Å². The third-order valence-electron chi connectivity index (χ3n) is 2.66. The summed E-state index contributed by atoms with van der Waals surface area (Å²) in [6.45, 7) is 2.80. The summed E-state index contributed by atoms with van der Waals surface area (Å²) in [7, 11) is 3.63. The molecule has 2 N–H and O–H groups in total. The summed E-state index contributed by atoms with van der Waals surface area (Å²) in [4.78, 5) is 13.9. The molecule has 1 amide bonds. The van der Waals surface area contributed by atoms with Gasteiger partial charge in [-0.15, -0.1) is 0 Å². The van der Waals surface area contributed by atoms with Gasteiger partial charge in [-0.25, -0.2) is 0 Å². The van der Waals surface area contributed by atoms with Crippen molar-refractivity contribution in [2.24, 2.45) is 0 Å². The van der Waals surface area contributed by atoms with Crippen molar-refractivity contribution in [3.63, 3.8) is 0 Å². The van der Waals surface area contributed by atoms with Gasteiger partial charge in [-0.1, -0.05) is 0 Å². The van der Waals surface area contributed by atoms with E-state index in [1.807, 2.05) is 7.05 Å². The van der Waals surface area contributed by atoms with Gasteiger partial charge in [0.05, 0.1) is 11.1 Å². The Morgan fingerprint density at radius 1 is 1.47 bits per heavy atom. The number of hydrogen-bond donors (Lipinski definition) is 2. The number of methoxy groups -OCH3 is 1. The number of nitrogens with one attached hydrogen (secondary N) is 1. The van der Waals surface area contributed by atoms with Gasteiger partial charge in [-0.2, -0.15) is 0 Å². The summed E-state index contributed by atoms with van der Waals surface area (Å²) in [5.41, 5.74) is 0.445. The Morgan fingerprint density at radius 3 is 2.84 bits per heavy atom. The number of phenols is 1. The molecule has 0 saturated heterocycles. The minimum Gasteiger partial charge on any atom is -0.507 e. The van der Waals surface area contributed by atoms with E-state index in [0.717, 1.165) is 13.1 Å². The Hall–Kier alpha value is -1.11. The number of halogens is 1. The first-order chi connectivity index (χ1) is 9.04. The quantitative estimate of drug-likeness (QED) is 0.794. The summed E-state index contributed by atoms with van der Waals surface area (Å²) in [6.07, 6.45) is 0. The van der Waals surface area contributed by atoms with Gasteiger partial charge in [0.25, 0.3) is 5.91 Å². The van der Waals surface area contributed by atoms with Crippen molar-refractivity contribution >= 4 is 21.8 Å². The normalized spacial score (nSPS) is 10.7. The first-order valence-electron chi connectivity index (χ1n) is 5.98. The van der Waals surface area contributed by atoms with E-state index in [1.165, 1.54) is 6.07 Å². The lowest BCUT2D eigenvalue weighted by Crippen LogP contribution is -2.34. The molecule has 0 bridgehead atoms. The fraction of sp³-hybridized carbons (Fsp3) is 0.462. The van der Waals surface area contributed by atoms with E-state index in [1.54, 1.807) is 19.2 Å². The molecule has 1 aromatic carbocycles. The van der Waals surface area contributed by atoms with Crippen LogP contribution >= 0.6 is 15.9 Å². The topological polar surface area (TPSA) is 61.8 Å². The molecule has 0 heterocycles. The Kier molecular flexibility index (Phi) is 6.83. The van der Waals surface area contributed by atoms with Crippen LogP contribution in [0.25, 0.3) is 0 Å². The van der Waals surface area contributed by atoms with Gasteiger partial charge in [0.1, 0.15) is 5.75 Å². The van der Waals surface area contributed by atoms with Crippen LogP contribution in [0.5, 0.6) is 5.75 Å². The fourth-order valence-corrected chi connectivity index (χ4v) is 1.72. The molecule has 0 aliphatic rings. The highest BCUT2D eigenvalue weighted by Gasteiger charge is 2.08. The van der Waals surface area contributed by atoms with E-state index in [9.17, 15) is 9.90 Å². The van der Waals surface area contributed by atoms with Crippen LogP contribution in [0.3, 0.4) is 0 Å².